The van der Waals surface area contributed by atoms with Crippen molar-refractivity contribution in [1.82, 2.24) is 9.97 Å². The SMILES string of the molecule is Cc1ccc(Cl)cc1Nc1nc(Cl)ncc1N. The van der Waals surface area contributed by atoms with Gasteiger partial charge in [0, 0.05) is 10.7 Å². The van der Waals surface area contributed by atoms with E-state index in [0.717, 1.165) is 11.3 Å². The Kier molecular flexibility index (Phi) is 3.36. The Labute approximate surface area is 109 Å². The summed E-state index contributed by atoms with van der Waals surface area (Å²) in [5.74, 6) is 0.468. The number of aryl methyl sites for hydroxylation is 1. The van der Waals surface area contributed by atoms with Crippen LogP contribution >= 0.6 is 23.2 Å². The maximum absolute atomic E-state index is 5.92. The van der Waals surface area contributed by atoms with Gasteiger partial charge in [0.15, 0.2) is 5.82 Å². The highest BCUT2D eigenvalue weighted by molar-refractivity contribution is 6.31. The number of rotatable bonds is 2. The van der Waals surface area contributed by atoms with Crippen LogP contribution in [0.15, 0.2) is 24.4 Å². The molecule has 1 aromatic carbocycles. The lowest BCUT2D eigenvalue weighted by molar-refractivity contribution is 1.17. The first kappa shape index (κ1) is 12.0. The second-order valence-electron chi connectivity index (χ2n) is 3.53. The molecule has 0 aliphatic rings. The van der Waals surface area contributed by atoms with Gasteiger partial charge < -0.3 is 11.1 Å². The van der Waals surface area contributed by atoms with E-state index in [4.69, 9.17) is 28.9 Å². The van der Waals surface area contributed by atoms with Gasteiger partial charge in [0.2, 0.25) is 5.28 Å². The highest BCUT2D eigenvalue weighted by atomic mass is 35.5. The third kappa shape index (κ3) is 2.78. The molecule has 3 N–H and O–H groups in total. The summed E-state index contributed by atoms with van der Waals surface area (Å²) in [5, 5.41) is 3.85. The van der Waals surface area contributed by atoms with Crippen LogP contribution in [0.2, 0.25) is 10.3 Å². The van der Waals surface area contributed by atoms with Crippen molar-refractivity contribution >= 4 is 40.4 Å². The average molecular weight is 269 g/mol. The highest BCUT2D eigenvalue weighted by Crippen LogP contribution is 2.26. The number of benzene rings is 1. The number of nitrogens with two attached hydrogens (primary N) is 1. The van der Waals surface area contributed by atoms with E-state index in [1.165, 1.54) is 6.20 Å². The molecule has 0 saturated heterocycles. The van der Waals surface area contributed by atoms with E-state index in [9.17, 15) is 0 Å². The van der Waals surface area contributed by atoms with Crippen molar-refractivity contribution in [3.05, 3.63) is 40.3 Å². The van der Waals surface area contributed by atoms with Gasteiger partial charge in [-0.3, -0.25) is 0 Å². The zero-order chi connectivity index (χ0) is 12.4. The molecule has 88 valence electrons. The molecule has 4 nitrogen and oxygen atoms in total. The highest BCUT2D eigenvalue weighted by Gasteiger charge is 2.06. The van der Waals surface area contributed by atoms with Crippen molar-refractivity contribution in [1.29, 1.82) is 0 Å². The van der Waals surface area contributed by atoms with Gasteiger partial charge in [-0.15, -0.1) is 0 Å². The van der Waals surface area contributed by atoms with Crippen LogP contribution in [0, 0.1) is 6.92 Å². The lowest BCUT2D eigenvalue weighted by Gasteiger charge is -2.10. The summed E-state index contributed by atoms with van der Waals surface area (Å²) < 4.78 is 0. The fourth-order valence-electron chi connectivity index (χ4n) is 1.33. The van der Waals surface area contributed by atoms with Crippen LogP contribution in [-0.2, 0) is 0 Å². The number of nitrogen functional groups attached to an aromatic ring is 1. The molecule has 0 bridgehead atoms. The third-order valence-corrected chi connectivity index (χ3v) is 2.66. The fourth-order valence-corrected chi connectivity index (χ4v) is 1.63. The first-order chi connectivity index (χ1) is 8.06. The molecular formula is C11H10Cl2N4. The molecule has 0 aliphatic carbocycles. The molecule has 2 aromatic rings. The zero-order valence-corrected chi connectivity index (χ0v) is 10.5. The quantitative estimate of drug-likeness (QED) is 0.820. The topological polar surface area (TPSA) is 63.8 Å². The number of anilines is 3. The number of nitrogens with zero attached hydrogens (tertiary/aromatic N) is 2. The van der Waals surface area contributed by atoms with Gasteiger partial charge in [-0.2, -0.15) is 4.98 Å². The van der Waals surface area contributed by atoms with Crippen molar-refractivity contribution in [2.75, 3.05) is 11.1 Å². The van der Waals surface area contributed by atoms with Gasteiger partial charge in [0.1, 0.15) is 0 Å². The lowest BCUT2D eigenvalue weighted by Crippen LogP contribution is -2.01. The Morgan fingerprint density at radius 3 is 2.82 bits per heavy atom. The summed E-state index contributed by atoms with van der Waals surface area (Å²) in [7, 11) is 0. The average Bonchev–Trinajstić information content (AvgIpc) is 2.28. The van der Waals surface area contributed by atoms with E-state index in [-0.39, 0.29) is 5.28 Å². The van der Waals surface area contributed by atoms with Crippen molar-refractivity contribution in [2.24, 2.45) is 0 Å². The zero-order valence-electron chi connectivity index (χ0n) is 9.04. The third-order valence-electron chi connectivity index (χ3n) is 2.24. The molecule has 0 amide bonds. The van der Waals surface area contributed by atoms with Crippen molar-refractivity contribution in [2.45, 2.75) is 6.92 Å². The Bertz CT molecular complexity index is 508. The molecule has 6 heteroatoms. The predicted octanol–water partition coefficient (Wildman–Crippen LogP) is 3.42. The summed E-state index contributed by atoms with van der Waals surface area (Å²) >= 11 is 11.6. The molecule has 0 unspecified atom stereocenters. The Morgan fingerprint density at radius 1 is 1.29 bits per heavy atom. The number of aromatic nitrogens is 2. The van der Waals surface area contributed by atoms with Crippen LogP contribution < -0.4 is 11.1 Å². The Morgan fingerprint density at radius 2 is 2.06 bits per heavy atom. The van der Waals surface area contributed by atoms with Crippen molar-refractivity contribution < 1.29 is 0 Å². The molecule has 0 aliphatic heterocycles. The molecule has 2 rings (SSSR count). The first-order valence-corrected chi connectivity index (χ1v) is 5.63. The second kappa shape index (κ2) is 4.77. The minimum absolute atomic E-state index is 0.140. The molecule has 0 atom stereocenters. The van der Waals surface area contributed by atoms with Gasteiger partial charge in [0.25, 0.3) is 0 Å². The second-order valence-corrected chi connectivity index (χ2v) is 4.30. The summed E-state index contributed by atoms with van der Waals surface area (Å²) in [6, 6.07) is 5.52. The van der Waals surface area contributed by atoms with Gasteiger partial charge in [-0.25, -0.2) is 4.98 Å². The van der Waals surface area contributed by atoms with Gasteiger partial charge in [-0.05, 0) is 36.2 Å². The Hall–Kier alpha value is -1.52. The summed E-state index contributed by atoms with van der Waals surface area (Å²) in [6.07, 6.45) is 1.46. The number of hydrogen-bond acceptors (Lipinski definition) is 4. The molecule has 0 saturated carbocycles. The molecule has 0 spiro atoms. The molecule has 1 heterocycles. The molecule has 17 heavy (non-hydrogen) atoms. The van der Waals surface area contributed by atoms with E-state index in [1.807, 2.05) is 19.1 Å². The minimum atomic E-state index is 0.140. The van der Waals surface area contributed by atoms with E-state index >= 15 is 0 Å². The van der Waals surface area contributed by atoms with Crippen LogP contribution in [0.5, 0.6) is 0 Å². The lowest BCUT2D eigenvalue weighted by atomic mass is 10.2. The van der Waals surface area contributed by atoms with Crippen LogP contribution in [0.4, 0.5) is 17.2 Å². The molecule has 0 fully saturated rings. The monoisotopic (exact) mass is 268 g/mol. The standard InChI is InChI=1S/C11H10Cl2N4/c1-6-2-3-7(12)4-9(6)16-10-8(14)5-15-11(13)17-10/h2-5H,14H2,1H3,(H,15,16,17). The van der Waals surface area contributed by atoms with Gasteiger partial charge in [-0.1, -0.05) is 17.7 Å². The maximum atomic E-state index is 5.92. The molecule has 1 aromatic heterocycles. The summed E-state index contributed by atoms with van der Waals surface area (Å²) in [5.41, 5.74) is 8.03. The maximum Gasteiger partial charge on any atom is 0.224 e. The van der Waals surface area contributed by atoms with E-state index in [0.29, 0.717) is 16.5 Å². The van der Waals surface area contributed by atoms with E-state index in [1.54, 1.807) is 6.07 Å². The van der Waals surface area contributed by atoms with Crippen molar-refractivity contribution in [3.8, 4) is 0 Å². The van der Waals surface area contributed by atoms with Gasteiger partial charge in [0.05, 0.1) is 11.9 Å². The normalized spacial score (nSPS) is 10.3. The van der Waals surface area contributed by atoms with Crippen LogP contribution in [-0.4, -0.2) is 9.97 Å². The fraction of sp³-hybridized carbons (Fsp3) is 0.0909. The minimum Gasteiger partial charge on any atom is -0.394 e. The largest absolute Gasteiger partial charge is 0.394 e. The Balaban J connectivity index is 2.37. The van der Waals surface area contributed by atoms with Crippen molar-refractivity contribution in [3.63, 3.8) is 0 Å². The number of hydrogen-bond donors (Lipinski definition) is 2. The number of halogens is 2. The van der Waals surface area contributed by atoms with Gasteiger partial charge >= 0.3 is 0 Å². The smallest absolute Gasteiger partial charge is 0.224 e. The molecule has 0 radical (unpaired) electrons. The van der Waals surface area contributed by atoms with Crippen LogP contribution in [0.1, 0.15) is 5.56 Å². The first-order valence-electron chi connectivity index (χ1n) is 4.87. The van der Waals surface area contributed by atoms with E-state index in [2.05, 4.69) is 15.3 Å². The summed E-state index contributed by atoms with van der Waals surface area (Å²) in [4.78, 5) is 7.80. The molecular weight excluding hydrogens is 259 g/mol. The van der Waals surface area contributed by atoms with Crippen LogP contribution in [0.25, 0.3) is 0 Å². The predicted molar refractivity (Wildman–Crippen MR) is 70.9 cm³/mol. The summed E-state index contributed by atoms with van der Waals surface area (Å²) in [6.45, 7) is 1.96. The number of nitrogens with one attached hydrogen (secondary N) is 1. The van der Waals surface area contributed by atoms with Crippen LogP contribution in [0.3, 0.4) is 0 Å². The van der Waals surface area contributed by atoms with E-state index < -0.39 is 0 Å².